The van der Waals surface area contributed by atoms with Crippen molar-refractivity contribution in [3.8, 4) is 0 Å². The molecule has 1 heterocycles. The number of para-hydroxylation sites is 1. The third-order valence-electron chi connectivity index (χ3n) is 2.89. The van der Waals surface area contributed by atoms with Gasteiger partial charge in [0.15, 0.2) is 0 Å². The zero-order valence-corrected chi connectivity index (χ0v) is 9.82. The Morgan fingerprint density at radius 1 is 1.06 bits per heavy atom. The van der Waals surface area contributed by atoms with Crippen molar-refractivity contribution in [2.45, 2.75) is 6.42 Å². The number of hydrogen-bond donors (Lipinski definition) is 0. The highest BCUT2D eigenvalue weighted by Crippen LogP contribution is 2.36. The van der Waals surface area contributed by atoms with Gasteiger partial charge in [-0.2, -0.15) is 0 Å². The van der Waals surface area contributed by atoms with Crippen molar-refractivity contribution in [2.24, 2.45) is 0 Å². The normalized spacial score (nSPS) is 13.9. The van der Waals surface area contributed by atoms with Gasteiger partial charge in [-0.3, -0.25) is 9.69 Å². The van der Waals surface area contributed by atoms with Crippen molar-refractivity contribution in [1.29, 1.82) is 0 Å². The summed E-state index contributed by atoms with van der Waals surface area (Å²) < 4.78 is 0. The van der Waals surface area contributed by atoms with Gasteiger partial charge in [0.2, 0.25) is 5.91 Å². The van der Waals surface area contributed by atoms with Crippen LogP contribution < -0.4 is 4.90 Å². The molecule has 0 fully saturated rings. The molecule has 0 N–H and O–H groups in total. The van der Waals surface area contributed by atoms with Gasteiger partial charge >= 0.3 is 0 Å². The summed E-state index contributed by atoms with van der Waals surface area (Å²) in [6, 6.07) is 15.2. The third kappa shape index (κ3) is 1.71. The third-order valence-corrected chi connectivity index (χ3v) is 3.12. The van der Waals surface area contributed by atoms with E-state index in [0.717, 1.165) is 16.9 Å². The van der Waals surface area contributed by atoms with E-state index in [-0.39, 0.29) is 5.91 Å². The standard InChI is InChI=1S/C14H10ClNO/c15-11-6-7-13-10(8-11)9-14(17)16(13)12-4-2-1-3-5-12/h1-8H,9H2. The molecule has 3 heteroatoms. The minimum Gasteiger partial charge on any atom is -0.280 e. The Labute approximate surface area is 104 Å². The summed E-state index contributed by atoms with van der Waals surface area (Å²) in [4.78, 5) is 13.8. The highest BCUT2D eigenvalue weighted by atomic mass is 35.5. The van der Waals surface area contributed by atoms with Crippen LogP contribution in [0.2, 0.25) is 5.02 Å². The van der Waals surface area contributed by atoms with E-state index >= 15 is 0 Å². The van der Waals surface area contributed by atoms with Gasteiger partial charge in [0.25, 0.3) is 0 Å². The summed E-state index contributed by atoms with van der Waals surface area (Å²) in [5.74, 6) is 0.0912. The van der Waals surface area contributed by atoms with Crippen LogP contribution >= 0.6 is 11.6 Å². The monoisotopic (exact) mass is 243 g/mol. The van der Waals surface area contributed by atoms with Gasteiger partial charge < -0.3 is 0 Å². The summed E-state index contributed by atoms with van der Waals surface area (Å²) in [7, 11) is 0. The molecule has 0 aromatic heterocycles. The first kappa shape index (κ1) is 10.4. The van der Waals surface area contributed by atoms with Gasteiger partial charge in [-0.25, -0.2) is 0 Å². The number of carbonyl (C=O) groups is 1. The Morgan fingerprint density at radius 3 is 2.59 bits per heavy atom. The van der Waals surface area contributed by atoms with Crippen molar-refractivity contribution < 1.29 is 4.79 Å². The van der Waals surface area contributed by atoms with Crippen LogP contribution in [0.4, 0.5) is 11.4 Å². The van der Waals surface area contributed by atoms with Crippen LogP contribution in [-0.4, -0.2) is 5.91 Å². The lowest BCUT2D eigenvalue weighted by Gasteiger charge is -2.17. The maximum absolute atomic E-state index is 12.0. The maximum atomic E-state index is 12.0. The Kier molecular flexibility index (Phi) is 2.37. The van der Waals surface area contributed by atoms with E-state index in [2.05, 4.69) is 0 Å². The number of carbonyl (C=O) groups excluding carboxylic acids is 1. The van der Waals surface area contributed by atoms with E-state index in [0.29, 0.717) is 11.4 Å². The number of halogens is 1. The molecule has 84 valence electrons. The van der Waals surface area contributed by atoms with Gasteiger partial charge in [-0.15, -0.1) is 0 Å². The topological polar surface area (TPSA) is 20.3 Å². The molecule has 0 spiro atoms. The van der Waals surface area contributed by atoms with Crippen LogP contribution in [0.3, 0.4) is 0 Å². The minimum absolute atomic E-state index is 0.0912. The van der Waals surface area contributed by atoms with E-state index < -0.39 is 0 Å². The number of nitrogens with zero attached hydrogens (tertiary/aromatic N) is 1. The van der Waals surface area contributed by atoms with Gasteiger partial charge in [0.05, 0.1) is 12.1 Å². The summed E-state index contributed by atoms with van der Waals surface area (Å²) >= 11 is 5.93. The Bertz CT molecular complexity index is 580. The van der Waals surface area contributed by atoms with Crippen molar-refractivity contribution in [3.05, 3.63) is 59.1 Å². The lowest BCUT2D eigenvalue weighted by Crippen LogP contribution is -2.20. The van der Waals surface area contributed by atoms with Crippen LogP contribution in [-0.2, 0) is 11.2 Å². The van der Waals surface area contributed by atoms with E-state index in [1.54, 1.807) is 4.90 Å². The first-order valence-electron chi connectivity index (χ1n) is 5.42. The second-order valence-corrected chi connectivity index (χ2v) is 4.45. The SMILES string of the molecule is O=C1Cc2cc(Cl)ccc2N1c1ccccc1. The molecule has 0 unspecified atom stereocenters. The number of fused-ring (bicyclic) bond motifs is 1. The minimum atomic E-state index is 0.0912. The van der Waals surface area contributed by atoms with Crippen molar-refractivity contribution in [2.75, 3.05) is 4.90 Å². The highest BCUT2D eigenvalue weighted by molar-refractivity contribution is 6.31. The number of rotatable bonds is 1. The summed E-state index contributed by atoms with van der Waals surface area (Å²) in [5.41, 5.74) is 2.83. The average Bonchev–Trinajstić information content (AvgIpc) is 2.65. The van der Waals surface area contributed by atoms with Crippen LogP contribution in [0.1, 0.15) is 5.56 Å². The molecule has 0 bridgehead atoms. The Morgan fingerprint density at radius 2 is 1.82 bits per heavy atom. The molecule has 1 amide bonds. The molecule has 2 aromatic rings. The van der Waals surface area contributed by atoms with Gasteiger partial charge in [-0.05, 0) is 35.9 Å². The van der Waals surface area contributed by atoms with Crippen LogP contribution in [0.25, 0.3) is 0 Å². The molecular weight excluding hydrogens is 234 g/mol. The highest BCUT2D eigenvalue weighted by Gasteiger charge is 2.28. The molecule has 2 nitrogen and oxygen atoms in total. The van der Waals surface area contributed by atoms with Crippen LogP contribution in [0, 0.1) is 0 Å². The number of hydrogen-bond acceptors (Lipinski definition) is 1. The van der Waals surface area contributed by atoms with Crippen LogP contribution in [0.5, 0.6) is 0 Å². The second-order valence-electron chi connectivity index (χ2n) is 4.01. The molecular formula is C14H10ClNO. The smallest absolute Gasteiger partial charge is 0.236 e. The molecule has 2 aromatic carbocycles. The molecule has 3 rings (SSSR count). The molecule has 1 aliphatic heterocycles. The van der Waals surface area contributed by atoms with E-state index in [4.69, 9.17) is 11.6 Å². The average molecular weight is 244 g/mol. The van der Waals surface area contributed by atoms with Crippen LogP contribution in [0.15, 0.2) is 48.5 Å². The van der Waals surface area contributed by atoms with E-state index in [9.17, 15) is 4.79 Å². The maximum Gasteiger partial charge on any atom is 0.236 e. The second kappa shape index (κ2) is 3.90. The van der Waals surface area contributed by atoms with Gasteiger partial charge in [0.1, 0.15) is 0 Å². The van der Waals surface area contributed by atoms with Gasteiger partial charge in [-0.1, -0.05) is 29.8 Å². The zero-order chi connectivity index (χ0) is 11.8. The van der Waals surface area contributed by atoms with Gasteiger partial charge in [0, 0.05) is 10.7 Å². The van der Waals surface area contributed by atoms with Crippen molar-refractivity contribution in [1.82, 2.24) is 0 Å². The van der Waals surface area contributed by atoms with E-state index in [1.165, 1.54) is 0 Å². The first-order chi connectivity index (χ1) is 8.25. The quantitative estimate of drug-likeness (QED) is 0.750. The fourth-order valence-electron chi connectivity index (χ4n) is 2.15. The number of amides is 1. The Balaban J connectivity index is 2.12. The summed E-state index contributed by atoms with van der Waals surface area (Å²) in [5, 5.41) is 0.673. The predicted molar refractivity (Wildman–Crippen MR) is 68.7 cm³/mol. The lowest BCUT2D eigenvalue weighted by molar-refractivity contribution is -0.116. The Hall–Kier alpha value is -1.80. The largest absolute Gasteiger partial charge is 0.280 e. The summed E-state index contributed by atoms with van der Waals surface area (Å²) in [6.07, 6.45) is 0.421. The summed E-state index contributed by atoms with van der Waals surface area (Å²) in [6.45, 7) is 0. The lowest BCUT2D eigenvalue weighted by atomic mass is 10.2. The fourth-order valence-corrected chi connectivity index (χ4v) is 2.34. The molecule has 0 saturated heterocycles. The number of benzene rings is 2. The molecule has 0 radical (unpaired) electrons. The first-order valence-corrected chi connectivity index (χ1v) is 5.80. The zero-order valence-electron chi connectivity index (χ0n) is 9.06. The fraction of sp³-hybridized carbons (Fsp3) is 0.0714. The van der Waals surface area contributed by atoms with Crippen molar-refractivity contribution >= 4 is 28.9 Å². The molecule has 0 saturated carbocycles. The number of anilines is 2. The molecule has 1 aliphatic rings. The molecule has 17 heavy (non-hydrogen) atoms. The molecule has 0 aliphatic carbocycles. The van der Waals surface area contributed by atoms with Crippen molar-refractivity contribution in [3.63, 3.8) is 0 Å². The predicted octanol–water partition coefficient (Wildman–Crippen LogP) is 3.56. The molecule has 0 atom stereocenters. The van der Waals surface area contributed by atoms with E-state index in [1.807, 2.05) is 48.5 Å².